The van der Waals surface area contributed by atoms with E-state index in [-0.39, 0.29) is 50.3 Å². The molecule has 3 unspecified atom stereocenters. The zero-order valence-corrected chi connectivity index (χ0v) is 20.4. The van der Waals surface area contributed by atoms with Crippen LogP contribution in [0.25, 0.3) is 0 Å². The third-order valence-corrected chi connectivity index (χ3v) is 7.01. The summed E-state index contributed by atoms with van der Waals surface area (Å²) in [5, 5.41) is 12.5. The molecule has 0 radical (unpaired) electrons. The van der Waals surface area contributed by atoms with Crippen LogP contribution in [0.2, 0.25) is 0 Å². The van der Waals surface area contributed by atoms with Gasteiger partial charge < -0.3 is 47.8 Å². The van der Waals surface area contributed by atoms with Crippen LogP contribution in [0.5, 0.6) is 0 Å². The molecule has 2 saturated carbocycles. The highest BCUT2D eigenvalue weighted by Crippen LogP contribution is 2.75. The van der Waals surface area contributed by atoms with Crippen molar-refractivity contribution in [1.29, 1.82) is 0 Å². The topological polar surface area (TPSA) is 145 Å². The van der Waals surface area contributed by atoms with Crippen molar-refractivity contribution in [1.82, 2.24) is 5.32 Å². The van der Waals surface area contributed by atoms with Crippen molar-refractivity contribution in [2.75, 3.05) is 66.5 Å². The van der Waals surface area contributed by atoms with E-state index in [1.807, 2.05) is 0 Å². The third kappa shape index (κ3) is 10.9. The number of fused-ring (bicyclic) bond motifs is 1. The monoisotopic (exact) mass is 501 g/mol. The van der Waals surface area contributed by atoms with E-state index in [2.05, 4.69) is 9.84 Å². The number of nitrogens with one attached hydrogen (secondary N) is 1. The molecule has 4 N–H and O–H groups in total. The van der Waals surface area contributed by atoms with Gasteiger partial charge in [0.05, 0.1) is 51.7 Å². The highest BCUT2D eigenvalue weighted by Gasteiger charge is 2.74. The van der Waals surface area contributed by atoms with Crippen molar-refractivity contribution < 1.29 is 47.3 Å². The van der Waals surface area contributed by atoms with Crippen molar-refractivity contribution in [3.05, 3.63) is 0 Å². The van der Waals surface area contributed by atoms with Gasteiger partial charge in [-0.3, -0.25) is 4.79 Å². The summed E-state index contributed by atoms with van der Waals surface area (Å²) in [7, 11) is -2.48. The lowest BCUT2D eigenvalue weighted by atomic mass is 10.0. The molecule has 2 aliphatic rings. The summed E-state index contributed by atoms with van der Waals surface area (Å²) in [5.41, 5.74) is 0.0178. The molecule has 2 fully saturated rings. The number of rotatable bonds is 22. The van der Waals surface area contributed by atoms with E-state index in [4.69, 9.17) is 27.9 Å². The minimum absolute atomic E-state index is 0.0178. The molecule has 0 bridgehead atoms. The first kappa shape index (κ1) is 28.2. The van der Waals surface area contributed by atoms with Gasteiger partial charge in [0.25, 0.3) is 0 Å². The van der Waals surface area contributed by atoms with Crippen molar-refractivity contribution in [3.8, 4) is 0 Å². The smallest absolute Gasteiger partial charge is 0.329 e. The first-order valence-corrected chi connectivity index (χ1v) is 13.2. The summed E-state index contributed by atoms with van der Waals surface area (Å²) in [6.45, 7) is 2.60. The molecule has 0 aromatic rings. The quantitative estimate of drug-likeness (QED) is 0.127. The minimum atomic E-state index is -2.02. The van der Waals surface area contributed by atoms with Crippen molar-refractivity contribution in [3.63, 3.8) is 0 Å². The normalized spacial score (nSPS) is 23.9. The second kappa shape index (κ2) is 15.8. The molecule has 0 spiro atoms. The Morgan fingerprint density at radius 2 is 1.59 bits per heavy atom. The first-order valence-electron chi connectivity index (χ1n) is 11.0. The molecule has 13 heteroatoms. The highest BCUT2D eigenvalue weighted by molar-refractivity contribution is 7.40. The highest BCUT2D eigenvalue weighted by atomic mass is 31.2. The van der Waals surface area contributed by atoms with Crippen LogP contribution in [0, 0.1) is 17.3 Å². The Morgan fingerprint density at radius 1 is 1.00 bits per heavy atom. The van der Waals surface area contributed by atoms with Gasteiger partial charge in [0, 0.05) is 26.2 Å². The van der Waals surface area contributed by atoms with Crippen LogP contribution in [0.15, 0.2) is 0 Å². The average Bonchev–Trinajstić information content (AvgIpc) is 3.67. The Kier molecular flexibility index (Phi) is 13.9. The number of hydrogen-bond donors (Lipinski definition) is 4. The number of hydrogen-bond acceptors (Lipinski definition) is 10. The van der Waals surface area contributed by atoms with Gasteiger partial charge in [-0.1, -0.05) is 6.42 Å². The fraction of sp³-hybridized carbons (Fsp3) is 0.947. The summed E-state index contributed by atoms with van der Waals surface area (Å²) in [6.07, 6.45) is 4.60. The van der Waals surface area contributed by atoms with Gasteiger partial charge in [0.1, 0.15) is 0 Å². The van der Waals surface area contributed by atoms with E-state index in [9.17, 15) is 14.8 Å². The molecule has 3 atom stereocenters. The first-order chi connectivity index (χ1) is 15.5. The standard InChI is InChI=1S/C19H37NO10P2/c1-25-31(23)28-10-8-26-6-7-27-9-11-29-32(24)30-15-16(14-21)4-2-3-5-20-18(22)19-12-17(19)13-19/h16-17,21,23-24H,2-15H2,1H3,(H,20,22). The molecular formula is C19H37NO10P2. The van der Waals surface area contributed by atoms with Crippen LogP contribution in [0.4, 0.5) is 0 Å². The summed E-state index contributed by atoms with van der Waals surface area (Å²) >= 11 is 0. The minimum Gasteiger partial charge on any atom is -0.396 e. The summed E-state index contributed by atoms with van der Waals surface area (Å²) in [4.78, 5) is 30.7. The Balaban J connectivity index is 1.33. The second-order valence-electron chi connectivity index (χ2n) is 7.91. The summed E-state index contributed by atoms with van der Waals surface area (Å²) in [5.74, 6) is 0.784. The predicted molar refractivity (Wildman–Crippen MR) is 117 cm³/mol. The summed E-state index contributed by atoms with van der Waals surface area (Å²) in [6, 6.07) is 0. The number of amides is 1. The average molecular weight is 501 g/mol. The zero-order valence-electron chi connectivity index (χ0n) is 18.6. The summed E-state index contributed by atoms with van der Waals surface area (Å²) < 4.78 is 30.5. The molecule has 1 amide bonds. The van der Waals surface area contributed by atoms with Gasteiger partial charge in [-0.25, -0.2) is 0 Å². The number of unbranched alkanes of at least 4 members (excludes halogenated alkanes) is 1. The van der Waals surface area contributed by atoms with E-state index in [1.54, 1.807) is 0 Å². The maximum absolute atomic E-state index is 11.9. The van der Waals surface area contributed by atoms with Gasteiger partial charge >= 0.3 is 17.2 Å². The largest absolute Gasteiger partial charge is 0.396 e. The molecule has 0 aliphatic heterocycles. The Labute approximate surface area is 192 Å². The van der Waals surface area contributed by atoms with Gasteiger partial charge in [-0.15, -0.1) is 0 Å². The zero-order chi connectivity index (χ0) is 23.2. The lowest BCUT2D eigenvalue weighted by Crippen LogP contribution is -2.28. The van der Waals surface area contributed by atoms with E-state index in [1.165, 1.54) is 7.11 Å². The van der Waals surface area contributed by atoms with Crippen LogP contribution in [0.3, 0.4) is 0 Å². The predicted octanol–water partition coefficient (Wildman–Crippen LogP) is 1.46. The third-order valence-electron chi connectivity index (χ3n) is 5.53. The fourth-order valence-electron chi connectivity index (χ4n) is 3.17. The lowest BCUT2D eigenvalue weighted by Gasteiger charge is -2.17. The van der Waals surface area contributed by atoms with E-state index in [0.717, 1.165) is 32.1 Å². The van der Waals surface area contributed by atoms with Gasteiger partial charge in [0.2, 0.25) is 5.91 Å². The van der Waals surface area contributed by atoms with E-state index in [0.29, 0.717) is 32.3 Å². The number of carbonyl (C=O) groups excluding carboxylic acids is 1. The lowest BCUT2D eigenvalue weighted by molar-refractivity contribution is -0.124. The Bertz CT molecular complexity index is 526. The Hall–Kier alpha value is -0.0300. The van der Waals surface area contributed by atoms with Crippen molar-refractivity contribution in [2.45, 2.75) is 32.1 Å². The number of carbonyl (C=O) groups is 1. The van der Waals surface area contributed by atoms with Gasteiger partial charge in [-0.2, -0.15) is 0 Å². The van der Waals surface area contributed by atoms with Crippen LogP contribution in [-0.4, -0.2) is 87.3 Å². The van der Waals surface area contributed by atoms with Crippen molar-refractivity contribution in [2.24, 2.45) is 17.3 Å². The number of aliphatic hydroxyl groups excluding tert-OH is 1. The van der Waals surface area contributed by atoms with Crippen LogP contribution in [-0.2, 0) is 32.4 Å². The molecule has 188 valence electrons. The fourth-order valence-corrected chi connectivity index (χ4v) is 4.15. The molecule has 0 saturated heterocycles. The molecule has 2 aliphatic carbocycles. The van der Waals surface area contributed by atoms with E-state index >= 15 is 0 Å². The number of aliphatic hydroxyl groups is 1. The molecule has 32 heavy (non-hydrogen) atoms. The van der Waals surface area contributed by atoms with E-state index < -0.39 is 17.2 Å². The number of ether oxygens (including phenoxy) is 2. The molecule has 2 rings (SSSR count). The SMILES string of the molecule is COP(O)OCCOCCOCCOP(O)OCC(CO)CCCCNC(=O)C12CC1C2. The van der Waals surface area contributed by atoms with Crippen LogP contribution >= 0.6 is 17.2 Å². The molecule has 11 nitrogen and oxygen atoms in total. The molecular weight excluding hydrogens is 464 g/mol. The van der Waals surface area contributed by atoms with Gasteiger partial charge in [0.15, 0.2) is 0 Å². The van der Waals surface area contributed by atoms with Crippen molar-refractivity contribution >= 4 is 23.1 Å². The van der Waals surface area contributed by atoms with Gasteiger partial charge in [-0.05, 0) is 31.6 Å². The molecule has 0 heterocycles. The molecule has 0 aromatic carbocycles. The maximum atomic E-state index is 11.9. The molecule has 0 aromatic heterocycles. The Morgan fingerprint density at radius 3 is 2.16 bits per heavy atom. The van der Waals surface area contributed by atoms with Crippen LogP contribution in [0.1, 0.15) is 32.1 Å². The van der Waals surface area contributed by atoms with Crippen LogP contribution < -0.4 is 5.32 Å². The maximum Gasteiger partial charge on any atom is 0.329 e. The second-order valence-corrected chi connectivity index (χ2v) is 10.00.